The fourth-order valence-corrected chi connectivity index (χ4v) is 1.37. The predicted octanol–water partition coefficient (Wildman–Crippen LogP) is 1.13. The van der Waals surface area contributed by atoms with Crippen LogP contribution in [-0.4, -0.2) is 42.6 Å². The van der Waals surface area contributed by atoms with Crippen LogP contribution in [-0.2, 0) is 0 Å². The van der Waals surface area contributed by atoms with Gasteiger partial charge in [-0.3, -0.25) is 5.01 Å². The van der Waals surface area contributed by atoms with E-state index < -0.39 is 0 Å². The standard InChI is InChI=1S/C8H16N4/c1-4-9-10-12-6-5-11(3)7-8(12)2/h4,8H,1,5-7H2,2-3H3/b10-9-. The molecule has 0 amide bonds. The summed E-state index contributed by atoms with van der Waals surface area (Å²) in [5.74, 6) is 0. The number of hydrogen-bond donors (Lipinski definition) is 0. The van der Waals surface area contributed by atoms with Crippen LogP contribution >= 0.6 is 0 Å². The average Bonchev–Trinajstić information content (AvgIpc) is 2.03. The van der Waals surface area contributed by atoms with Gasteiger partial charge in [-0.05, 0) is 14.0 Å². The van der Waals surface area contributed by atoms with Crippen LogP contribution in [0.15, 0.2) is 23.1 Å². The Morgan fingerprint density at radius 2 is 2.25 bits per heavy atom. The molecule has 1 unspecified atom stereocenters. The lowest BCUT2D eigenvalue weighted by molar-refractivity contribution is 0.0959. The van der Waals surface area contributed by atoms with Gasteiger partial charge in [-0.15, -0.1) is 5.11 Å². The molecule has 0 aromatic rings. The molecule has 0 aromatic carbocycles. The smallest absolute Gasteiger partial charge is 0.0586 e. The molecule has 0 aliphatic carbocycles. The van der Waals surface area contributed by atoms with Crippen molar-refractivity contribution in [2.24, 2.45) is 10.3 Å². The van der Waals surface area contributed by atoms with Gasteiger partial charge < -0.3 is 4.90 Å². The van der Waals surface area contributed by atoms with Crippen molar-refractivity contribution in [3.05, 3.63) is 12.8 Å². The first-order valence-corrected chi connectivity index (χ1v) is 4.21. The summed E-state index contributed by atoms with van der Waals surface area (Å²) in [6.07, 6.45) is 1.46. The zero-order valence-corrected chi connectivity index (χ0v) is 7.77. The van der Waals surface area contributed by atoms with E-state index in [-0.39, 0.29) is 0 Å². The maximum Gasteiger partial charge on any atom is 0.0586 e. The summed E-state index contributed by atoms with van der Waals surface area (Å²) < 4.78 is 0. The molecule has 1 rings (SSSR count). The van der Waals surface area contributed by atoms with Crippen molar-refractivity contribution >= 4 is 0 Å². The van der Waals surface area contributed by atoms with Crippen LogP contribution in [0.25, 0.3) is 0 Å². The van der Waals surface area contributed by atoms with Gasteiger partial charge >= 0.3 is 0 Å². The van der Waals surface area contributed by atoms with E-state index in [4.69, 9.17) is 0 Å². The van der Waals surface area contributed by atoms with Gasteiger partial charge in [-0.1, -0.05) is 11.8 Å². The summed E-state index contributed by atoms with van der Waals surface area (Å²) in [5.41, 5.74) is 0. The summed E-state index contributed by atoms with van der Waals surface area (Å²) in [6, 6.07) is 0.451. The molecule has 1 aliphatic heterocycles. The number of piperazine rings is 1. The molecular weight excluding hydrogens is 152 g/mol. The van der Waals surface area contributed by atoms with Gasteiger partial charge in [0, 0.05) is 19.3 Å². The van der Waals surface area contributed by atoms with Crippen LogP contribution in [0.3, 0.4) is 0 Å². The number of likely N-dealkylation sites (N-methyl/N-ethyl adjacent to an activating group) is 1. The molecule has 12 heavy (non-hydrogen) atoms. The summed E-state index contributed by atoms with van der Waals surface area (Å²) in [5, 5.41) is 9.80. The van der Waals surface area contributed by atoms with Gasteiger partial charge in [0.15, 0.2) is 0 Å². The van der Waals surface area contributed by atoms with Gasteiger partial charge in [0.05, 0.1) is 12.6 Å². The zero-order chi connectivity index (χ0) is 8.97. The number of hydrogen-bond acceptors (Lipinski definition) is 3. The predicted molar refractivity (Wildman–Crippen MR) is 48.7 cm³/mol. The van der Waals surface area contributed by atoms with E-state index in [0.717, 1.165) is 19.6 Å². The summed E-state index contributed by atoms with van der Waals surface area (Å²) in [7, 11) is 2.12. The van der Waals surface area contributed by atoms with E-state index in [2.05, 4.69) is 35.8 Å². The largest absolute Gasteiger partial charge is 0.302 e. The molecule has 1 aliphatic rings. The molecule has 0 aromatic heterocycles. The van der Waals surface area contributed by atoms with Gasteiger partial charge in [0.2, 0.25) is 0 Å². The second-order valence-corrected chi connectivity index (χ2v) is 3.16. The van der Waals surface area contributed by atoms with Gasteiger partial charge in [0.1, 0.15) is 0 Å². The first-order valence-electron chi connectivity index (χ1n) is 4.21. The lowest BCUT2D eigenvalue weighted by Crippen LogP contribution is -2.47. The highest BCUT2D eigenvalue weighted by atomic mass is 15.6. The highest BCUT2D eigenvalue weighted by Gasteiger charge is 2.19. The SMILES string of the molecule is C=C/N=N\N1CCN(C)CC1C. The summed E-state index contributed by atoms with van der Waals surface area (Å²) >= 11 is 0. The fourth-order valence-electron chi connectivity index (χ4n) is 1.37. The number of nitrogens with zero attached hydrogens (tertiary/aromatic N) is 4. The van der Waals surface area contributed by atoms with Crippen molar-refractivity contribution in [2.75, 3.05) is 26.7 Å². The van der Waals surface area contributed by atoms with Gasteiger partial charge in [0.25, 0.3) is 0 Å². The normalized spacial score (nSPS) is 26.5. The first-order chi connectivity index (χ1) is 5.74. The lowest BCUT2D eigenvalue weighted by Gasteiger charge is -2.35. The van der Waals surface area contributed by atoms with E-state index in [1.807, 2.05) is 5.01 Å². The molecule has 4 heteroatoms. The molecule has 1 fully saturated rings. The molecule has 0 bridgehead atoms. The Morgan fingerprint density at radius 3 is 2.83 bits per heavy atom. The van der Waals surface area contributed by atoms with E-state index in [1.54, 1.807) is 0 Å². The Morgan fingerprint density at radius 1 is 1.50 bits per heavy atom. The molecule has 68 valence electrons. The quantitative estimate of drug-likeness (QED) is 0.579. The Balaban J connectivity index is 2.44. The molecule has 4 nitrogen and oxygen atoms in total. The fraction of sp³-hybridized carbons (Fsp3) is 0.750. The zero-order valence-electron chi connectivity index (χ0n) is 7.77. The van der Waals surface area contributed by atoms with Crippen LogP contribution in [0.4, 0.5) is 0 Å². The second-order valence-electron chi connectivity index (χ2n) is 3.16. The highest BCUT2D eigenvalue weighted by Crippen LogP contribution is 2.07. The van der Waals surface area contributed by atoms with Crippen LogP contribution in [0.5, 0.6) is 0 Å². The van der Waals surface area contributed by atoms with Crippen molar-refractivity contribution in [1.29, 1.82) is 0 Å². The maximum atomic E-state index is 4.03. The molecule has 0 spiro atoms. The van der Waals surface area contributed by atoms with Crippen molar-refractivity contribution in [1.82, 2.24) is 9.91 Å². The molecule has 0 radical (unpaired) electrons. The molecule has 1 atom stereocenters. The highest BCUT2D eigenvalue weighted by molar-refractivity contribution is 4.74. The molecule has 1 heterocycles. The van der Waals surface area contributed by atoms with Gasteiger partial charge in [-0.25, -0.2) is 0 Å². The van der Waals surface area contributed by atoms with E-state index >= 15 is 0 Å². The Bertz CT molecular complexity index is 178. The van der Waals surface area contributed by atoms with Crippen molar-refractivity contribution in [3.8, 4) is 0 Å². The summed E-state index contributed by atoms with van der Waals surface area (Å²) in [6.45, 7) is 8.70. The molecule has 0 N–H and O–H groups in total. The monoisotopic (exact) mass is 168 g/mol. The van der Waals surface area contributed by atoms with Crippen molar-refractivity contribution in [2.45, 2.75) is 13.0 Å². The maximum absolute atomic E-state index is 4.03. The van der Waals surface area contributed by atoms with Crippen molar-refractivity contribution < 1.29 is 0 Å². The van der Waals surface area contributed by atoms with E-state index in [9.17, 15) is 0 Å². The molecular formula is C8H16N4. The third kappa shape index (κ3) is 2.30. The number of rotatable bonds is 2. The van der Waals surface area contributed by atoms with Gasteiger partial charge in [-0.2, -0.15) is 0 Å². The van der Waals surface area contributed by atoms with E-state index in [0.29, 0.717) is 6.04 Å². The van der Waals surface area contributed by atoms with Crippen molar-refractivity contribution in [3.63, 3.8) is 0 Å². The minimum absolute atomic E-state index is 0.451. The molecule has 1 saturated heterocycles. The second kappa shape index (κ2) is 4.21. The Hall–Kier alpha value is -0.900. The topological polar surface area (TPSA) is 31.2 Å². The van der Waals surface area contributed by atoms with Crippen LogP contribution in [0, 0.1) is 0 Å². The minimum atomic E-state index is 0.451. The minimum Gasteiger partial charge on any atom is -0.302 e. The third-order valence-electron chi connectivity index (χ3n) is 2.04. The summed E-state index contributed by atoms with van der Waals surface area (Å²) in [4.78, 5) is 2.30. The van der Waals surface area contributed by atoms with Crippen LogP contribution in [0.2, 0.25) is 0 Å². The molecule has 0 saturated carbocycles. The lowest BCUT2D eigenvalue weighted by atomic mass is 10.2. The van der Waals surface area contributed by atoms with Crippen LogP contribution < -0.4 is 0 Å². The Labute approximate surface area is 73.5 Å². The van der Waals surface area contributed by atoms with E-state index in [1.165, 1.54) is 6.20 Å². The average molecular weight is 168 g/mol. The van der Waals surface area contributed by atoms with Crippen LogP contribution in [0.1, 0.15) is 6.92 Å². The first kappa shape index (κ1) is 9.19. The Kier molecular flexibility index (Phi) is 3.22. The third-order valence-corrected chi connectivity index (χ3v) is 2.04.